The number of ether oxygens (including phenoxy) is 1. The largest absolute Gasteiger partial charge is 0.374 e. The van der Waals surface area contributed by atoms with E-state index >= 15 is 0 Å². The van der Waals surface area contributed by atoms with Crippen LogP contribution in [0.5, 0.6) is 0 Å². The molecule has 2 heteroatoms. The summed E-state index contributed by atoms with van der Waals surface area (Å²) in [6, 6.07) is 0.300. The Hall–Kier alpha value is -0.0800. The van der Waals surface area contributed by atoms with Gasteiger partial charge in [-0.2, -0.15) is 0 Å². The minimum atomic E-state index is 0.300. The Bertz CT molecular complexity index is 255. The van der Waals surface area contributed by atoms with Crippen LogP contribution in [0.1, 0.15) is 51.9 Å². The second-order valence-corrected chi connectivity index (χ2v) is 6.40. The topological polar surface area (TPSA) is 35.2 Å². The van der Waals surface area contributed by atoms with Crippen molar-refractivity contribution >= 4 is 0 Å². The summed E-state index contributed by atoms with van der Waals surface area (Å²) in [6.45, 7) is 2.17. The molecule has 2 bridgehead atoms. The van der Waals surface area contributed by atoms with Crippen LogP contribution in [0.2, 0.25) is 0 Å². The van der Waals surface area contributed by atoms with Crippen molar-refractivity contribution in [3.05, 3.63) is 0 Å². The number of hydrogen-bond acceptors (Lipinski definition) is 2. The van der Waals surface area contributed by atoms with E-state index in [4.69, 9.17) is 10.5 Å². The Morgan fingerprint density at radius 3 is 2.62 bits per heavy atom. The second-order valence-electron chi connectivity index (χ2n) is 6.40. The van der Waals surface area contributed by atoms with E-state index in [1.54, 1.807) is 0 Å². The van der Waals surface area contributed by atoms with Gasteiger partial charge < -0.3 is 10.5 Å². The van der Waals surface area contributed by atoms with Gasteiger partial charge in [-0.15, -0.1) is 0 Å². The summed E-state index contributed by atoms with van der Waals surface area (Å²) in [4.78, 5) is 0. The number of hydrogen-bond donors (Lipinski definition) is 1. The lowest BCUT2D eigenvalue weighted by molar-refractivity contribution is 0.0332. The summed E-state index contributed by atoms with van der Waals surface area (Å²) >= 11 is 0. The highest BCUT2D eigenvalue weighted by Crippen LogP contribution is 2.50. The van der Waals surface area contributed by atoms with Crippen LogP contribution in [-0.2, 0) is 4.74 Å². The van der Waals surface area contributed by atoms with Gasteiger partial charge in [-0.3, -0.25) is 0 Å². The van der Waals surface area contributed by atoms with Crippen molar-refractivity contribution in [3.63, 3.8) is 0 Å². The predicted octanol–water partition coefficient (Wildman–Crippen LogP) is 2.71. The molecule has 1 aliphatic heterocycles. The van der Waals surface area contributed by atoms with Gasteiger partial charge in [0.2, 0.25) is 0 Å². The maximum atomic E-state index is 6.33. The first-order chi connectivity index (χ1) is 7.72. The van der Waals surface area contributed by atoms with Crippen molar-refractivity contribution in [1.29, 1.82) is 0 Å². The van der Waals surface area contributed by atoms with Crippen molar-refractivity contribution in [3.8, 4) is 0 Å². The SMILES string of the molecule is CC1CCC(C(N)CC2CC3CCC2C3)O1. The van der Waals surface area contributed by atoms with Gasteiger partial charge in [-0.25, -0.2) is 0 Å². The molecule has 2 saturated carbocycles. The number of nitrogens with two attached hydrogens (primary N) is 1. The van der Waals surface area contributed by atoms with Crippen LogP contribution in [0.25, 0.3) is 0 Å². The van der Waals surface area contributed by atoms with E-state index in [0.29, 0.717) is 18.2 Å². The summed E-state index contributed by atoms with van der Waals surface area (Å²) in [5, 5.41) is 0. The smallest absolute Gasteiger partial charge is 0.0730 e. The van der Waals surface area contributed by atoms with Crippen molar-refractivity contribution in [2.75, 3.05) is 0 Å². The van der Waals surface area contributed by atoms with Gasteiger partial charge in [0.15, 0.2) is 0 Å². The first-order valence-corrected chi connectivity index (χ1v) is 7.13. The molecule has 0 aromatic heterocycles. The third-order valence-electron chi connectivity index (χ3n) is 5.20. The Morgan fingerprint density at radius 2 is 2.06 bits per heavy atom. The summed E-state index contributed by atoms with van der Waals surface area (Å²) in [7, 11) is 0. The lowest BCUT2D eigenvalue weighted by Crippen LogP contribution is -2.37. The first kappa shape index (κ1) is 11.0. The van der Waals surface area contributed by atoms with Crippen LogP contribution < -0.4 is 5.73 Å². The van der Waals surface area contributed by atoms with E-state index in [-0.39, 0.29) is 0 Å². The third-order valence-corrected chi connectivity index (χ3v) is 5.20. The van der Waals surface area contributed by atoms with Gasteiger partial charge in [0, 0.05) is 6.04 Å². The minimum absolute atomic E-state index is 0.300. The van der Waals surface area contributed by atoms with E-state index in [2.05, 4.69) is 6.92 Å². The summed E-state index contributed by atoms with van der Waals surface area (Å²) in [6.07, 6.45) is 10.3. The maximum Gasteiger partial charge on any atom is 0.0730 e. The molecule has 6 atom stereocenters. The van der Waals surface area contributed by atoms with Gasteiger partial charge >= 0.3 is 0 Å². The lowest BCUT2D eigenvalue weighted by atomic mass is 9.83. The fraction of sp³-hybridized carbons (Fsp3) is 1.00. The molecule has 0 spiro atoms. The molecule has 3 fully saturated rings. The maximum absolute atomic E-state index is 6.33. The van der Waals surface area contributed by atoms with Crippen LogP contribution >= 0.6 is 0 Å². The molecule has 0 aromatic carbocycles. The van der Waals surface area contributed by atoms with E-state index < -0.39 is 0 Å². The molecule has 0 radical (unpaired) electrons. The quantitative estimate of drug-likeness (QED) is 0.798. The summed E-state index contributed by atoms with van der Waals surface area (Å²) in [5.41, 5.74) is 6.33. The molecular formula is C14H25NO. The molecule has 2 aliphatic carbocycles. The van der Waals surface area contributed by atoms with Gasteiger partial charge in [0.1, 0.15) is 0 Å². The van der Waals surface area contributed by atoms with Crippen LogP contribution in [0, 0.1) is 17.8 Å². The average molecular weight is 223 g/mol. The Kier molecular flexibility index (Phi) is 2.97. The highest BCUT2D eigenvalue weighted by atomic mass is 16.5. The van der Waals surface area contributed by atoms with Crippen LogP contribution in [0.4, 0.5) is 0 Å². The molecule has 1 heterocycles. The fourth-order valence-corrected chi connectivity index (χ4v) is 4.31. The molecule has 2 N–H and O–H groups in total. The molecule has 3 aliphatic rings. The van der Waals surface area contributed by atoms with E-state index in [0.717, 1.165) is 17.8 Å². The normalized spacial score (nSPS) is 48.8. The fourth-order valence-electron chi connectivity index (χ4n) is 4.31. The second kappa shape index (κ2) is 4.30. The molecule has 16 heavy (non-hydrogen) atoms. The Morgan fingerprint density at radius 1 is 1.19 bits per heavy atom. The highest BCUT2D eigenvalue weighted by Gasteiger charge is 2.41. The van der Waals surface area contributed by atoms with E-state index in [9.17, 15) is 0 Å². The molecule has 1 saturated heterocycles. The van der Waals surface area contributed by atoms with Crippen molar-refractivity contribution in [1.82, 2.24) is 0 Å². The lowest BCUT2D eigenvalue weighted by Gasteiger charge is -2.27. The van der Waals surface area contributed by atoms with Crippen LogP contribution in [-0.4, -0.2) is 18.2 Å². The van der Waals surface area contributed by atoms with E-state index in [1.165, 1.54) is 44.9 Å². The standard InChI is InChI=1S/C14H25NO/c1-9-2-5-14(16-9)13(15)8-12-7-10-3-4-11(12)6-10/h9-14H,2-8,15H2,1H3. The summed E-state index contributed by atoms with van der Waals surface area (Å²) < 4.78 is 5.89. The first-order valence-electron chi connectivity index (χ1n) is 7.13. The molecule has 3 rings (SSSR count). The van der Waals surface area contributed by atoms with Crippen LogP contribution in [0.3, 0.4) is 0 Å². The minimum Gasteiger partial charge on any atom is -0.374 e. The molecule has 0 aromatic rings. The van der Waals surface area contributed by atoms with Gasteiger partial charge in [0.25, 0.3) is 0 Å². The zero-order chi connectivity index (χ0) is 11.1. The average Bonchev–Trinajstić information content (AvgIpc) is 2.92. The number of rotatable bonds is 3. The third kappa shape index (κ3) is 2.02. The monoisotopic (exact) mass is 223 g/mol. The van der Waals surface area contributed by atoms with Crippen molar-refractivity contribution in [2.24, 2.45) is 23.5 Å². The predicted molar refractivity (Wildman–Crippen MR) is 65.1 cm³/mol. The molecule has 2 nitrogen and oxygen atoms in total. The molecule has 92 valence electrons. The van der Waals surface area contributed by atoms with E-state index in [1.807, 2.05) is 0 Å². The molecule has 6 unspecified atom stereocenters. The zero-order valence-corrected chi connectivity index (χ0v) is 10.4. The Balaban J connectivity index is 1.51. The Labute approximate surface area is 98.9 Å². The van der Waals surface area contributed by atoms with Gasteiger partial charge in [0.05, 0.1) is 12.2 Å². The number of fused-ring (bicyclic) bond motifs is 2. The van der Waals surface area contributed by atoms with Crippen molar-refractivity contribution < 1.29 is 4.74 Å². The molecular weight excluding hydrogens is 198 g/mol. The summed E-state index contributed by atoms with van der Waals surface area (Å²) in [5.74, 6) is 2.98. The highest BCUT2D eigenvalue weighted by molar-refractivity contribution is 4.93. The molecule has 0 amide bonds. The van der Waals surface area contributed by atoms with Gasteiger partial charge in [-0.1, -0.05) is 6.42 Å². The van der Waals surface area contributed by atoms with Crippen molar-refractivity contribution in [2.45, 2.75) is 70.1 Å². The van der Waals surface area contributed by atoms with Crippen LogP contribution in [0.15, 0.2) is 0 Å². The van der Waals surface area contributed by atoms with Gasteiger partial charge in [-0.05, 0) is 63.2 Å². The zero-order valence-electron chi connectivity index (χ0n) is 10.4.